The fourth-order valence-electron chi connectivity index (χ4n) is 6.43. The Hall–Kier alpha value is -0.195. The molecule has 0 heterocycles. The molecular formula is C18H29B. The molecule has 3 fully saturated rings. The molecule has 0 aromatic heterocycles. The number of allylic oxidation sites excluding steroid dienone is 2. The fraction of sp³-hybridized carbons (Fsp3) is 0.889. The first-order chi connectivity index (χ1) is 9.34. The fourth-order valence-corrected chi connectivity index (χ4v) is 6.43. The second-order valence-corrected chi connectivity index (χ2v) is 8.06. The third kappa shape index (κ3) is 2.03. The Kier molecular flexibility index (Phi) is 3.28. The molecule has 1 heteroatoms. The summed E-state index contributed by atoms with van der Waals surface area (Å²) in [6.45, 7) is 0. The van der Waals surface area contributed by atoms with Gasteiger partial charge < -0.3 is 0 Å². The van der Waals surface area contributed by atoms with Gasteiger partial charge in [-0.1, -0.05) is 56.5 Å². The normalized spacial score (nSPS) is 52.9. The second kappa shape index (κ2) is 4.97. The lowest BCUT2D eigenvalue weighted by Crippen LogP contribution is -2.45. The molecule has 0 saturated heterocycles. The summed E-state index contributed by atoms with van der Waals surface area (Å²) < 4.78 is 0. The van der Waals surface area contributed by atoms with Gasteiger partial charge in [0.2, 0.25) is 0 Å². The summed E-state index contributed by atoms with van der Waals surface area (Å²) in [5.74, 6) is 7.20. The molecule has 3 saturated carbocycles. The van der Waals surface area contributed by atoms with Crippen LogP contribution in [0.5, 0.6) is 0 Å². The Balaban J connectivity index is 1.63. The molecular weight excluding hydrogens is 227 g/mol. The lowest BCUT2D eigenvalue weighted by Gasteiger charge is -2.54. The number of hydrogen-bond acceptors (Lipinski definition) is 0. The summed E-state index contributed by atoms with van der Waals surface area (Å²) >= 11 is 0. The second-order valence-electron chi connectivity index (χ2n) is 8.06. The molecule has 0 aromatic rings. The van der Waals surface area contributed by atoms with Gasteiger partial charge in [-0.25, -0.2) is 0 Å². The van der Waals surface area contributed by atoms with Crippen molar-refractivity contribution >= 4 is 7.85 Å². The van der Waals surface area contributed by atoms with Gasteiger partial charge in [-0.3, -0.25) is 0 Å². The summed E-state index contributed by atoms with van der Waals surface area (Å²) in [7, 11) is 2.58. The average Bonchev–Trinajstić information content (AvgIpc) is 2.47. The van der Waals surface area contributed by atoms with Crippen molar-refractivity contribution in [2.75, 3.05) is 0 Å². The summed E-state index contributed by atoms with van der Waals surface area (Å²) in [5, 5.41) is 0. The van der Waals surface area contributed by atoms with Gasteiger partial charge in [0.25, 0.3) is 0 Å². The molecule has 104 valence electrons. The maximum atomic E-state index is 2.70. The molecule has 19 heavy (non-hydrogen) atoms. The maximum Gasteiger partial charge on any atom is 0.105 e. The van der Waals surface area contributed by atoms with E-state index in [1.165, 1.54) is 44.9 Å². The van der Waals surface area contributed by atoms with Gasteiger partial charge in [0, 0.05) is 0 Å². The SMILES string of the molecule is BC1CC2C(C=CC3CCCCC32)C2CCCCC12. The quantitative estimate of drug-likeness (QED) is 0.449. The van der Waals surface area contributed by atoms with Gasteiger partial charge in [-0.15, -0.1) is 0 Å². The molecule has 0 nitrogen and oxygen atoms in total. The van der Waals surface area contributed by atoms with Crippen LogP contribution in [0, 0.1) is 35.5 Å². The van der Waals surface area contributed by atoms with E-state index in [0.29, 0.717) is 0 Å². The minimum absolute atomic E-state index is 0.961. The zero-order valence-electron chi connectivity index (χ0n) is 12.6. The van der Waals surface area contributed by atoms with Crippen molar-refractivity contribution in [1.29, 1.82) is 0 Å². The molecule has 4 aliphatic rings. The van der Waals surface area contributed by atoms with Crippen LogP contribution in [0.2, 0.25) is 5.82 Å². The first kappa shape index (κ1) is 12.5. The summed E-state index contributed by atoms with van der Waals surface area (Å²) in [6, 6.07) is 0. The van der Waals surface area contributed by atoms with Crippen molar-refractivity contribution in [3.8, 4) is 0 Å². The Labute approximate surface area is 119 Å². The number of rotatable bonds is 0. The highest BCUT2D eigenvalue weighted by Crippen LogP contribution is 2.57. The van der Waals surface area contributed by atoms with Crippen LogP contribution < -0.4 is 0 Å². The molecule has 7 unspecified atom stereocenters. The van der Waals surface area contributed by atoms with Gasteiger partial charge in [0.1, 0.15) is 7.85 Å². The Morgan fingerprint density at radius 3 is 2.21 bits per heavy atom. The van der Waals surface area contributed by atoms with E-state index >= 15 is 0 Å². The molecule has 0 radical (unpaired) electrons. The molecule has 0 amide bonds. The van der Waals surface area contributed by atoms with Crippen molar-refractivity contribution < 1.29 is 0 Å². The van der Waals surface area contributed by atoms with Crippen molar-refractivity contribution in [2.24, 2.45) is 35.5 Å². The first-order valence-electron chi connectivity index (χ1n) is 9.03. The summed E-state index contributed by atoms with van der Waals surface area (Å²) in [6.07, 6.45) is 19.1. The predicted octanol–water partition coefficient (Wildman–Crippen LogP) is 4.23. The molecule has 0 bridgehead atoms. The summed E-state index contributed by atoms with van der Waals surface area (Å²) in [4.78, 5) is 0. The van der Waals surface area contributed by atoms with Crippen LogP contribution >= 0.6 is 0 Å². The van der Waals surface area contributed by atoms with E-state index in [-0.39, 0.29) is 0 Å². The Bertz CT molecular complexity index is 361. The monoisotopic (exact) mass is 256 g/mol. The van der Waals surface area contributed by atoms with Gasteiger partial charge >= 0.3 is 0 Å². The standard InChI is InChI=1S/C18H29B/c19-18-11-17-13-6-2-1-5-12(13)9-10-15(17)14-7-3-4-8-16(14)18/h9-10,12-18H,1-8,11,19H2. The van der Waals surface area contributed by atoms with E-state index in [2.05, 4.69) is 20.0 Å². The minimum atomic E-state index is 0.961. The van der Waals surface area contributed by atoms with Crippen LogP contribution in [-0.4, -0.2) is 7.85 Å². The average molecular weight is 256 g/mol. The highest BCUT2D eigenvalue weighted by molar-refractivity contribution is 6.11. The largest absolute Gasteiger partial charge is 0.105 e. The van der Waals surface area contributed by atoms with Gasteiger partial charge in [0.15, 0.2) is 0 Å². The van der Waals surface area contributed by atoms with Crippen molar-refractivity contribution in [3.05, 3.63) is 12.2 Å². The van der Waals surface area contributed by atoms with E-state index < -0.39 is 0 Å². The van der Waals surface area contributed by atoms with Crippen LogP contribution in [-0.2, 0) is 0 Å². The molecule has 4 aliphatic carbocycles. The van der Waals surface area contributed by atoms with Crippen molar-refractivity contribution in [1.82, 2.24) is 0 Å². The molecule has 0 spiro atoms. The van der Waals surface area contributed by atoms with Gasteiger partial charge in [0.05, 0.1) is 0 Å². The minimum Gasteiger partial charge on any atom is -0.0848 e. The molecule has 7 atom stereocenters. The molecule has 0 N–H and O–H groups in total. The third-order valence-electron chi connectivity index (χ3n) is 7.24. The highest BCUT2D eigenvalue weighted by atomic mass is 14.5. The Morgan fingerprint density at radius 1 is 0.684 bits per heavy atom. The lowest BCUT2D eigenvalue weighted by molar-refractivity contribution is 0.0203. The first-order valence-corrected chi connectivity index (χ1v) is 9.03. The van der Waals surface area contributed by atoms with E-state index in [1.807, 2.05) is 0 Å². The van der Waals surface area contributed by atoms with E-state index in [1.54, 1.807) is 12.8 Å². The third-order valence-corrected chi connectivity index (χ3v) is 7.24. The van der Waals surface area contributed by atoms with Crippen LogP contribution in [0.25, 0.3) is 0 Å². The maximum absolute atomic E-state index is 2.70. The number of hydrogen-bond donors (Lipinski definition) is 0. The van der Waals surface area contributed by atoms with Crippen LogP contribution in [0.15, 0.2) is 12.2 Å². The Morgan fingerprint density at radius 2 is 1.37 bits per heavy atom. The summed E-state index contributed by atoms with van der Waals surface area (Å²) in [5.41, 5.74) is 0. The van der Waals surface area contributed by atoms with Crippen molar-refractivity contribution in [3.63, 3.8) is 0 Å². The van der Waals surface area contributed by atoms with Crippen LogP contribution in [0.1, 0.15) is 57.8 Å². The van der Waals surface area contributed by atoms with E-state index in [4.69, 9.17) is 0 Å². The van der Waals surface area contributed by atoms with Crippen LogP contribution in [0.4, 0.5) is 0 Å². The van der Waals surface area contributed by atoms with Crippen molar-refractivity contribution in [2.45, 2.75) is 63.6 Å². The number of fused-ring (bicyclic) bond motifs is 5. The zero-order valence-corrected chi connectivity index (χ0v) is 12.6. The smallest absolute Gasteiger partial charge is 0.0848 e. The van der Waals surface area contributed by atoms with Gasteiger partial charge in [-0.05, 0) is 54.8 Å². The van der Waals surface area contributed by atoms with Crippen LogP contribution in [0.3, 0.4) is 0 Å². The topological polar surface area (TPSA) is 0 Å². The molecule has 4 rings (SSSR count). The predicted molar refractivity (Wildman–Crippen MR) is 83.9 cm³/mol. The highest BCUT2D eigenvalue weighted by Gasteiger charge is 2.47. The molecule has 0 aromatic carbocycles. The van der Waals surface area contributed by atoms with E-state index in [0.717, 1.165) is 41.3 Å². The van der Waals surface area contributed by atoms with E-state index in [9.17, 15) is 0 Å². The van der Waals surface area contributed by atoms with Gasteiger partial charge in [-0.2, -0.15) is 0 Å². The molecule has 0 aliphatic heterocycles. The lowest BCUT2D eigenvalue weighted by atomic mass is 9.48. The zero-order chi connectivity index (χ0) is 12.8.